The van der Waals surface area contributed by atoms with Crippen molar-refractivity contribution < 1.29 is 0 Å². The number of hydrogen-bond donors (Lipinski definition) is 1. The summed E-state index contributed by atoms with van der Waals surface area (Å²) < 4.78 is 0. The molecular formula is C15H25N3S. The summed E-state index contributed by atoms with van der Waals surface area (Å²) in [7, 11) is 0. The van der Waals surface area contributed by atoms with E-state index in [2.05, 4.69) is 28.3 Å². The van der Waals surface area contributed by atoms with Gasteiger partial charge in [-0.25, -0.2) is 4.98 Å². The monoisotopic (exact) mass is 279 g/mol. The Kier molecular flexibility index (Phi) is 4.20. The second-order valence-electron chi connectivity index (χ2n) is 6.18. The summed E-state index contributed by atoms with van der Waals surface area (Å²) in [5, 5.41) is 5.05. The number of nitrogens with one attached hydrogen (secondary N) is 1. The molecule has 19 heavy (non-hydrogen) atoms. The maximum Gasteiger partial charge on any atom is 0.0897 e. The van der Waals surface area contributed by atoms with Crippen molar-refractivity contribution in [1.29, 1.82) is 0 Å². The lowest BCUT2D eigenvalue weighted by Crippen LogP contribution is -2.52. The van der Waals surface area contributed by atoms with Gasteiger partial charge in [0.1, 0.15) is 0 Å². The summed E-state index contributed by atoms with van der Waals surface area (Å²) in [6, 6.07) is 0. The van der Waals surface area contributed by atoms with Crippen LogP contribution in [0.1, 0.15) is 48.4 Å². The molecule has 0 radical (unpaired) electrons. The van der Waals surface area contributed by atoms with Crippen molar-refractivity contribution in [1.82, 2.24) is 15.2 Å². The quantitative estimate of drug-likeness (QED) is 0.902. The molecule has 2 fully saturated rings. The van der Waals surface area contributed by atoms with E-state index in [-0.39, 0.29) is 0 Å². The molecule has 0 atom stereocenters. The molecule has 2 heterocycles. The zero-order chi connectivity index (χ0) is 13.1. The molecule has 1 aromatic heterocycles. The highest BCUT2D eigenvalue weighted by Crippen LogP contribution is 2.31. The van der Waals surface area contributed by atoms with Crippen LogP contribution in [0.4, 0.5) is 0 Å². The van der Waals surface area contributed by atoms with Crippen LogP contribution in [0.25, 0.3) is 0 Å². The molecule has 1 saturated carbocycles. The second kappa shape index (κ2) is 5.90. The van der Waals surface area contributed by atoms with E-state index in [0.29, 0.717) is 5.54 Å². The summed E-state index contributed by atoms with van der Waals surface area (Å²) in [6.07, 6.45) is 10.3. The highest BCUT2D eigenvalue weighted by molar-refractivity contribution is 7.11. The molecule has 1 aliphatic heterocycles. The Morgan fingerprint density at radius 1 is 1.32 bits per heavy atom. The van der Waals surface area contributed by atoms with E-state index >= 15 is 0 Å². The van der Waals surface area contributed by atoms with E-state index in [9.17, 15) is 0 Å². The van der Waals surface area contributed by atoms with Gasteiger partial charge in [0.25, 0.3) is 0 Å². The van der Waals surface area contributed by atoms with Gasteiger partial charge in [-0.1, -0.05) is 19.3 Å². The second-order valence-corrected chi connectivity index (χ2v) is 7.50. The molecule has 4 heteroatoms. The van der Waals surface area contributed by atoms with Crippen LogP contribution in [-0.4, -0.2) is 35.1 Å². The third-order valence-corrected chi connectivity index (χ3v) is 5.43. The Hall–Kier alpha value is -0.450. The molecule has 0 bridgehead atoms. The van der Waals surface area contributed by atoms with Crippen molar-refractivity contribution >= 4 is 11.3 Å². The van der Waals surface area contributed by atoms with E-state index < -0.39 is 0 Å². The minimum absolute atomic E-state index is 0.411. The van der Waals surface area contributed by atoms with Gasteiger partial charge in [-0.2, -0.15) is 0 Å². The SMILES string of the molecule is Cc1ncc(CN2CCCNC3(CCCCC3)C2)s1. The van der Waals surface area contributed by atoms with Crippen LogP contribution in [0.5, 0.6) is 0 Å². The molecule has 1 spiro atoms. The largest absolute Gasteiger partial charge is 0.310 e. The fourth-order valence-electron chi connectivity index (χ4n) is 3.62. The van der Waals surface area contributed by atoms with Crippen molar-refractivity contribution in [2.24, 2.45) is 0 Å². The molecule has 0 unspecified atom stereocenters. The first-order valence-electron chi connectivity index (χ1n) is 7.65. The maximum atomic E-state index is 4.39. The molecule has 1 aromatic rings. The van der Waals surface area contributed by atoms with Crippen LogP contribution in [0, 0.1) is 6.92 Å². The lowest BCUT2D eigenvalue weighted by atomic mass is 9.81. The van der Waals surface area contributed by atoms with E-state index in [4.69, 9.17) is 0 Å². The first-order chi connectivity index (χ1) is 9.26. The van der Waals surface area contributed by atoms with Gasteiger partial charge >= 0.3 is 0 Å². The van der Waals surface area contributed by atoms with Gasteiger partial charge < -0.3 is 5.32 Å². The van der Waals surface area contributed by atoms with Crippen molar-refractivity contribution in [3.63, 3.8) is 0 Å². The molecule has 0 amide bonds. The zero-order valence-corrected chi connectivity index (χ0v) is 12.8. The predicted molar refractivity (Wildman–Crippen MR) is 80.6 cm³/mol. The van der Waals surface area contributed by atoms with Crippen molar-refractivity contribution in [2.75, 3.05) is 19.6 Å². The van der Waals surface area contributed by atoms with Gasteiger partial charge in [0.15, 0.2) is 0 Å². The summed E-state index contributed by atoms with van der Waals surface area (Å²) in [5.41, 5.74) is 0.411. The number of hydrogen-bond acceptors (Lipinski definition) is 4. The minimum Gasteiger partial charge on any atom is -0.310 e. The van der Waals surface area contributed by atoms with Crippen molar-refractivity contribution in [3.8, 4) is 0 Å². The van der Waals surface area contributed by atoms with Gasteiger partial charge in [0.05, 0.1) is 5.01 Å². The average Bonchev–Trinajstić information content (AvgIpc) is 2.71. The van der Waals surface area contributed by atoms with Crippen LogP contribution in [-0.2, 0) is 6.54 Å². The smallest absolute Gasteiger partial charge is 0.0897 e. The van der Waals surface area contributed by atoms with E-state index in [1.807, 2.05) is 11.3 Å². The summed E-state index contributed by atoms with van der Waals surface area (Å²) in [6.45, 7) is 6.84. The van der Waals surface area contributed by atoms with E-state index in [0.717, 1.165) is 6.54 Å². The molecule has 106 valence electrons. The molecule has 0 aromatic carbocycles. The highest BCUT2D eigenvalue weighted by Gasteiger charge is 2.34. The average molecular weight is 279 g/mol. The van der Waals surface area contributed by atoms with Crippen LogP contribution in [0.15, 0.2) is 6.20 Å². The molecular weight excluding hydrogens is 254 g/mol. The fraction of sp³-hybridized carbons (Fsp3) is 0.800. The lowest BCUT2D eigenvalue weighted by Gasteiger charge is -2.40. The van der Waals surface area contributed by atoms with Gasteiger partial charge in [0, 0.05) is 29.7 Å². The fourth-order valence-corrected chi connectivity index (χ4v) is 4.45. The van der Waals surface area contributed by atoms with Crippen LogP contribution < -0.4 is 5.32 Å². The normalized spacial score (nSPS) is 24.5. The number of rotatable bonds is 2. The Labute approximate surface area is 120 Å². The molecule has 1 aliphatic carbocycles. The summed E-state index contributed by atoms with van der Waals surface area (Å²) in [4.78, 5) is 8.46. The Morgan fingerprint density at radius 3 is 2.89 bits per heavy atom. The van der Waals surface area contributed by atoms with E-state index in [1.165, 1.54) is 68.0 Å². The topological polar surface area (TPSA) is 28.2 Å². The number of aromatic nitrogens is 1. The molecule has 1 N–H and O–H groups in total. The van der Waals surface area contributed by atoms with Crippen LogP contribution >= 0.6 is 11.3 Å². The first kappa shape index (κ1) is 13.5. The highest BCUT2D eigenvalue weighted by atomic mass is 32.1. The third-order valence-electron chi connectivity index (χ3n) is 4.54. The van der Waals surface area contributed by atoms with Gasteiger partial charge in [0.2, 0.25) is 0 Å². The van der Waals surface area contributed by atoms with Crippen LogP contribution in [0.2, 0.25) is 0 Å². The number of aryl methyl sites for hydroxylation is 1. The molecule has 2 aliphatic rings. The molecule has 1 saturated heterocycles. The maximum absolute atomic E-state index is 4.39. The summed E-state index contributed by atoms with van der Waals surface area (Å²) >= 11 is 1.85. The summed E-state index contributed by atoms with van der Waals surface area (Å²) in [5.74, 6) is 0. The molecule has 3 nitrogen and oxygen atoms in total. The minimum atomic E-state index is 0.411. The zero-order valence-electron chi connectivity index (χ0n) is 12.0. The van der Waals surface area contributed by atoms with E-state index in [1.54, 1.807) is 0 Å². The number of nitrogens with zero attached hydrogens (tertiary/aromatic N) is 2. The Morgan fingerprint density at radius 2 is 2.16 bits per heavy atom. The van der Waals surface area contributed by atoms with Crippen molar-refractivity contribution in [2.45, 2.75) is 57.5 Å². The standard InChI is InChI=1S/C15H25N3S/c1-13-16-10-14(19-13)11-18-9-5-8-17-15(12-18)6-3-2-4-7-15/h10,17H,2-9,11-12H2,1H3. The third kappa shape index (κ3) is 3.36. The molecule has 3 rings (SSSR count). The first-order valence-corrected chi connectivity index (χ1v) is 8.46. The van der Waals surface area contributed by atoms with Crippen LogP contribution in [0.3, 0.4) is 0 Å². The van der Waals surface area contributed by atoms with Gasteiger partial charge in [-0.05, 0) is 39.3 Å². The Balaban J connectivity index is 1.67. The Bertz CT molecular complexity index is 409. The van der Waals surface area contributed by atoms with Gasteiger partial charge in [-0.15, -0.1) is 11.3 Å². The lowest BCUT2D eigenvalue weighted by molar-refractivity contribution is 0.160. The predicted octanol–water partition coefficient (Wildman–Crippen LogP) is 2.95. The number of thiazole rings is 1. The van der Waals surface area contributed by atoms with Crippen molar-refractivity contribution in [3.05, 3.63) is 16.1 Å². The van der Waals surface area contributed by atoms with Gasteiger partial charge in [-0.3, -0.25) is 4.90 Å².